The standard InChI is InChI=1S/C15H23BrN2/c1-3-18(2)9-8-17-13-10-12(11-13)14-6-4-5-7-15(14)16/h4-7,12-13,17H,3,8-11H2,1-2H3. The first kappa shape index (κ1) is 14.0. The number of rotatable bonds is 6. The second-order valence-electron chi connectivity index (χ2n) is 5.24. The lowest BCUT2D eigenvalue weighted by atomic mass is 9.76. The molecule has 0 unspecified atom stereocenters. The van der Waals surface area contributed by atoms with E-state index >= 15 is 0 Å². The van der Waals surface area contributed by atoms with Gasteiger partial charge in [-0.05, 0) is 44.0 Å². The molecule has 18 heavy (non-hydrogen) atoms. The predicted octanol–water partition coefficient (Wildman–Crippen LogP) is 3.24. The summed E-state index contributed by atoms with van der Waals surface area (Å²) >= 11 is 3.65. The van der Waals surface area contributed by atoms with E-state index in [0.29, 0.717) is 6.04 Å². The average Bonchev–Trinajstić information content (AvgIpc) is 2.33. The summed E-state index contributed by atoms with van der Waals surface area (Å²) in [4.78, 5) is 2.34. The van der Waals surface area contributed by atoms with Crippen LogP contribution in [0.4, 0.5) is 0 Å². The van der Waals surface area contributed by atoms with Gasteiger partial charge in [0.25, 0.3) is 0 Å². The lowest BCUT2D eigenvalue weighted by Crippen LogP contribution is -2.43. The van der Waals surface area contributed by atoms with Gasteiger partial charge in [0.2, 0.25) is 0 Å². The van der Waals surface area contributed by atoms with Crippen LogP contribution >= 0.6 is 15.9 Å². The van der Waals surface area contributed by atoms with Gasteiger partial charge in [0.15, 0.2) is 0 Å². The highest BCUT2D eigenvalue weighted by atomic mass is 79.9. The highest BCUT2D eigenvalue weighted by Gasteiger charge is 2.30. The molecule has 1 aromatic carbocycles. The summed E-state index contributed by atoms with van der Waals surface area (Å²) < 4.78 is 1.26. The Labute approximate surface area is 119 Å². The van der Waals surface area contributed by atoms with Gasteiger partial charge < -0.3 is 10.2 Å². The second kappa shape index (κ2) is 6.69. The molecule has 0 spiro atoms. The van der Waals surface area contributed by atoms with Crippen molar-refractivity contribution in [3.63, 3.8) is 0 Å². The number of benzene rings is 1. The van der Waals surface area contributed by atoms with E-state index in [4.69, 9.17) is 0 Å². The fraction of sp³-hybridized carbons (Fsp3) is 0.600. The van der Waals surface area contributed by atoms with Crippen molar-refractivity contribution in [1.82, 2.24) is 10.2 Å². The molecular weight excluding hydrogens is 288 g/mol. The van der Waals surface area contributed by atoms with Crippen molar-refractivity contribution in [2.75, 3.05) is 26.7 Å². The molecule has 1 saturated carbocycles. The smallest absolute Gasteiger partial charge is 0.0210 e. The van der Waals surface area contributed by atoms with E-state index in [2.05, 4.69) is 64.4 Å². The van der Waals surface area contributed by atoms with Crippen LogP contribution < -0.4 is 5.32 Å². The molecule has 100 valence electrons. The van der Waals surface area contributed by atoms with Gasteiger partial charge in [-0.1, -0.05) is 41.1 Å². The minimum absolute atomic E-state index is 0.715. The van der Waals surface area contributed by atoms with E-state index in [1.807, 2.05) is 0 Å². The van der Waals surface area contributed by atoms with Crippen LogP contribution in [0.5, 0.6) is 0 Å². The molecule has 1 aliphatic carbocycles. The average molecular weight is 311 g/mol. The van der Waals surface area contributed by atoms with E-state index < -0.39 is 0 Å². The number of hydrogen-bond donors (Lipinski definition) is 1. The molecule has 1 aliphatic rings. The maximum absolute atomic E-state index is 3.65. The molecule has 0 bridgehead atoms. The summed E-state index contributed by atoms with van der Waals surface area (Å²) in [5.74, 6) is 0.738. The third-order valence-corrected chi connectivity index (χ3v) is 4.67. The number of nitrogens with zero attached hydrogens (tertiary/aromatic N) is 1. The van der Waals surface area contributed by atoms with Crippen LogP contribution in [0.15, 0.2) is 28.7 Å². The second-order valence-corrected chi connectivity index (χ2v) is 6.09. The molecule has 0 atom stereocenters. The van der Waals surface area contributed by atoms with Gasteiger partial charge in [-0.15, -0.1) is 0 Å². The van der Waals surface area contributed by atoms with Crippen molar-refractivity contribution in [2.45, 2.75) is 31.7 Å². The molecule has 0 saturated heterocycles. The van der Waals surface area contributed by atoms with Gasteiger partial charge in [-0.25, -0.2) is 0 Å². The molecule has 1 aromatic rings. The zero-order valence-electron chi connectivity index (χ0n) is 11.3. The number of likely N-dealkylation sites (N-methyl/N-ethyl adjacent to an activating group) is 1. The van der Waals surface area contributed by atoms with Gasteiger partial charge in [-0.2, -0.15) is 0 Å². The molecule has 0 heterocycles. The SMILES string of the molecule is CCN(C)CCNC1CC(c2ccccc2Br)C1. The van der Waals surface area contributed by atoms with Gasteiger partial charge in [0.1, 0.15) is 0 Å². The third kappa shape index (κ3) is 3.56. The zero-order chi connectivity index (χ0) is 13.0. The van der Waals surface area contributed by atoms with E-state index in [1.54, 1.807) is 0 Å². The Morgan fingerprint density at radius 3 is 2.72 bits per heavy atom. The van der Waals surface area contributed by atoms with Crippen molar-refractivity contribution in [2.24, 2.45) is 0 Å². The molecule has 2 rings (SSSR count). The van der Waals surface area contributed by atoms with Gasteiger partial charge in [0, 0.05) is 23.6 Å². The fourth-order valence-corrected chi connectivity index (χ4v) is 3.07. The van der Waals surface area contributed by atoms with Crippen molar-refractivity contribution in [3.05, 3.63) is 34.3 Å². The Balaban J connectivity index is 1.70. The van der Waals surface area contributed by atoms with Crippen molar-refractivity contribution in [1.29, 1.82) is 0 Å². The first-order valence-electron chi connectivity index (χ1n) is 6.87. The first-order valence-corrected chi connectivity index (χ1v) is 7.66. The van der Waals surface area contributed by atoms with Gasteiger partial charge in [-0.3, -0.25) is 0 Å². The van der Waals surface area contributed by atoms with Crippen molar-refractivity contribution in [3.8, 4) is 0 Å². The van der Waals surface area contributed by atoms with Crippen LogP contribution in [0.25, 0.3) is 0 Å². The van der Waals surface area contributed by atoms with E-state index in [9.17, 15) is 0 Å². The third-order valence-electron chi connectivity index (χ3n) is 3.95. The summed E-state index contributed by atoms with van der Waals surface area (Å²) in [7, 11) is 2.17. The van der Waals surface area contributed by atoms with Gasteiger partial charge in [0.05, 0.1) is 0 Å². The van der Waals surface area contributed by atoms with Crippen molar-refractivity contribution < 1.29 is 0 Å². The monoisotopic (exact) mass is 310 g/mol. The Morgan fingerprint density at radius 2 is 2.06 bits per heavy atom. The zero-order valence-corrected chi connectivity index (χ0v) is 12.9. The normalized spacial score (nSPS) is 23.1. The Hall–Kier alpha value is -0.380. The van der Waals surface area contributed by atoms with E-state index in [1.165, 1.54) is 22.9 Å². The Kier molecular flexibility index (Phi) is 5.22. The molecule has 0 amide bonds. The van der Waals surface area contributed by atoms with E-state index in [0.717, 1.165) is 25.6 Å². The molecule has 2 nitrogen and oxygen atoms in total. The van der Waals surface area contributed by atoms with Crippen molar-refractivity contribution >= 4 is 15.9 Å². The lowest BCUT2D eigenvalue weighted by Gasteiger charge is -2.37. The van der Waals surface area contributed by atoms with Crippen LogP contribution in [-0.2, 0) is 0 Å². The maximum Gasteiger partial charge on any atom is 0.0210 e. The summed E-state index contributed by atoms with van der Waals surface area (Å²) in [5.41, 5.74) is 1.47. The predicted molar refractivity (Wildman–Crippen MR) is 81.1 cm³/mol. The molecule has 3 heteroatoms. The lowest BCUT2D eigenvalue weighted by molar-refractivity contribution is 0.269. The highest BCUT2D eigenvalue weighted by Crippen LogP contribution is 2.39. The number of hydrogen-bond acceptors (Lipinski definition) is 2. The highest BCUT2D eigenvalue weighted by molar-refractivity contribution is 9.10. The van der Waals surface area contributed by atoms with Crippen LogP contribution in [0.3, 0.4) is 0 Å². The molecule has 1 N–H and O–H groups in total. The maximum atomic E-state index is 3.65. The Morgan fingerprint density at radius 1 is 1.33 bits per heavy atom. The van der Waals surface area contributed by atoms with E-state index in [-0.39, 0.29) is 0 Å². The number of halogens is 1. The fourth-order valence-electron chi connectivity index (χ4n) is 2.46. The number of nitrogens with one attached hydrogen (secondary N) is 1. The Bertz CT molecular complexity index is 375. The largest absolute Gasteiger partial charge is 0.313 e. The summed E-state index contributed by atoms with van der Waals surface area (Å²) in [6.45, 7) is 5.59. The van der Waals surface area contributed by atoms with Crippen LogP contribution in [0, 0.1) is 0 Å². The van der Waals surface area contributed by atoms with Crippen LogP contribution in [0.1, 0.15) is 31.2 Å². The topological polar surface area (TPSA) is 15.3 Å². The van der Waals surface area contributed by atoms with Crippen LogP contribution in [-0.4, -0.2) is 37.6 Å². The minimum atomic E-state index is 0.715. The molecule has 0 radical (unpaired) electrons. The van der Waals surface area contributed by atoms with Gasteiger partial charge >= 0.3 is 0 Å². The quantitative estimate of drug-likeness (QED) is 0.868. The molecule has 1 fully saturated rings. The summed E-state index contributed by atoms with van der Waals surface area (Å²) in [5, 5.41) is 3.65. The summed E-state index contributed by atoms with van der Waals surface area (Å²) in [6.07, 6.45) is 2.55. The molecule has 0 aromatic heterocycles. The minimum Gasteiger partial charge on any atom is -0.313 e. The van der Waals surface area contributed by atoms with Crippen LogP contribution in [0.2, 0.25) is 0 Å². The molecule has 0 aliphatic heterocycles. The summed E-state index contributed by atoms with van der Waals surface area (Å²) in [6, 6.07) is 9.33. The molecular formula is C15H23BrN2. The first-order chi connectivity index (χ1) is 8.70.